The SMILES string of the molecule is CCCCCCCCC[C@H]1CC[C@H]([C@H]2CC[C@H](CC)CC2)CC1. The number of rotatable bonds is 10. The van der Waals surface area contributed by atoms with Gasteiger partial charge in [0.25, 0.3) is 0 Å². The Morgan fingerprint density at radius 3 is 1.52 bits per heavy atom. The predicted octanol–water partition coefficient (Wildman–Crippen LogP) is 8.15. The molecule has 23 heavy (non-hydrogen) atoms. The van der Waals surface area contributed by atoms with Crippen molar-refractivity contribution in [3.63, 3.8) is 0 Å². The van der Waals surface area contributed by atoms with Crippen LogP contribution < -0.4 is 0 Å². The maximum atomic E-state index is 2.39. The van der Waals surface area contributed by atoms with E-state index in [2.05, 4.69) is 13.8 Å². The van der Waals surface area contributed by atoms with Crippen LogP contribution in [-0.2, 0) is 0 Å². The van der Waals surface area contributed by atoms with E-state index in [4.69, 9.17) is 0 Å². The van der Waals surface area contributed by atoms with Gasteiger partial charge in [0.2, 0.25) is 0 Å². The van der Waals surface area contributed by atoms with Gasteiger partial charge in [0.05, 0.1) is 0 Å². The van der Waals surface area contributed by atoms with Crippen LogP contribution in [0.3, 0.4) is 0 Å². The summed E-state index contributed by atoms with van der Waals surface area (Å²) in [5.74, 6) is 4.38. The van der Waals surface area contributed by atoms with Gasteiger partial charge in [-0.25, -0.2) is 0 Å². The lowest BCUT2D eigenvalue weighted by Crippen LogP contribution is -2.25. The quantitative estimate of drug-likeness (QED) is 0.356. The van der Waals surface area contributed by atoms with Gasteiger partial charge in [0.1, 0.15) is 0 Å². The van der Waals surface area contributed by atoms with Crippen molar-refractivity contribution in [1.82, 2.24) is 0 Å². The van der Waals surface area contributed by atoms with Crippen LogP contribution in [0, 0.1) is 23.7 Å². The minimum Gasteiger partial charge on any atom is -0.0654 e. The molecule has 0 saturated heterocycles. The summed E-state index contributed by atoms with van der Waals surface area (Å²) in [5.41, 5.74) is 0. The van der Waals surface area contributed by atoms with Crippen molar-refractivity contribution in [2.45, 2.75) is 123 Å². The summed E-state index contributed by atoms with van der Waals surface area (Å²) in [4.78, 5) is 0. The molecule has 0 aromatic rings. The van der Waals surface area contributed by atoms with Crippen molar-refractivity contribution >= 4 is 0 Å². The van der Waals surface area contributed by atoms with Gasteiger partial charge in [-0.3, -0.25) is 0 Å². The van der Waals surface area contributed by atoms with Crippen molar-refractivity contribution in [2.24, 2.45) is 23.7 Å². The van der Waals surface area contributed by atoms with Gasteiger partial charge >= 0.3 is 0 Å². The lowest BCUT2D eigenvalue weighted by molar-refractivity contribution is 0.141. The van der Waals surface area contributed by atoms with Gasteiger partial charge in [0.15, 0.2) is 0 Å². The first-order valence-corrected chi connectivity index (χ1v) is 11.3. The van der Waals surface area contributed by atoms with E-state index in [0.717, 1.165) is 23.7 Å². The van der Waals surface area contributed by atoms with Gasteiger partial charge in [-0.1, -0.05) is 97.3 Å². The van der Waals surface area contributed by atoms with Crippen molar-refractivity contribution < 1.29 is 0 Å². The molecule has 2 fully saturated rings. The number of hydrogen-bond donors (Lipinski definition) is 0. The van der Waals surface area contributed by atoms with E-state index in [9.17, 15) is 0 Å². The summed E-state index contributed by atoms with van der Waals surface area (Å²) in [5, 5.41) is 0. The molecule has 0 nitrogen and oxygen atoms in total. The van der Waals surface area contributed by atoms with Crippen LogP contribution >= 0.6 is 0 Å². The van der Waals surface area contributed by atoms with Crippen molar-refractivity contribution in [2.75, 3.05) is 0 Å². The Morgan fingerprint density at radius 2 is 1.00 bits per heavy atom. The zero-order valence-electron chi connectivity index (χ0n) is 16.3. The summed E-state index contributed by atoms with van der Waals surface area (Å²) < 4.78 is 0. The summed E-state index contributed by atoms with van der Waals surface area (Å²) in [6, 6.07) is 0. The molecule has 0 atom stereocenters. The summed E-state index contributed by atoms with van der Waals surface area (Å²) in [6.07, 6.45) is 25.8. The first-order chi connectivity index (χ1) is 11.3. The maximum absolute atomic E-state index is 2.39. The van der Waals surface area contributed by atoms with E-state index < -0.39 is 0 Å². The van der Waals surface area contributed by atoms with Gasteiger partial charge in [-0.2, -0.15) is 0 Å². The molecule has 0 spiro atoms. The lowest BCUT2D eigenvalue weighted by Gasteiger charge is -2.37. The first kappa shape index (κ1) is 19.3. The van der Waals surface area contributed by atoms with Crippen molar-refractivity contribution in [3.8, 4) is 0 Å². The molecular formula is C23H44. The molecule has 0 aromatic carbocycles. The molecule has 0 aromatic heterocycles. The molecule has 0 aliphatic heterocycles. The van der Waals surface area contributed by atoms with Crippen LogP contribution in [0.5, 0.6) is 0 Å². The molecule has 0 amide bonds. The first-order valence-electron chi connectivity index (χ1n) is 11.3. The van der Waals surface area contributed by atoms with Crippen LogP contribution in [0.15, 0.2) is 0 Å². The van der Waals surface area contributed by atoms with Crippen LogP contribution in [0.4, 0.5) is 0 Å². The largest absolute Gasteiger partial charge is 0.0654 e. The highest BCUT2D eigenvalue weighted by Crippen LogP contribution is 2.42. The van der Waals surface area contributed by atoms with Gasteiger partial charge in [0, 0.05) is 0 Å². The van der Waals surface area contributed by atoms with Gasteiger partial charge < -0.3 is 0 Å². The van der Waals surface area contributed by atoms with Crippen LogP contribution in [0.1, 0.15) is 123 Å². The van der Waals surface area contributed by atoms with Crippen molar-refractivity contribution in [3.05, 3.63) is 0 Å². The molecule has 0 heterocycles. The Hall–Kier alpha value is 0. The Bertz CT molecular complexity index is 266. The molecule has 0 N–H and O–H groups in total. The van der Waals surface area contributed by atoms with E-state index >= 15 is 0 Å². The fraction of sp³-hybridized carbons (Fsp3) is 1.00. The van der Waals surface area contributed by atoms with Gasteiger partial charge in [-0.15, -0.1) is 0 Å². The smallest absolute Gasteiger partial charge is 0.0386 e. The second kappa shape index (κ2) is 11.5. The second-order valence-corrected chi connectivity index (χ2v) is 8.88. The van der Waals surface area contributed by atoms with Crippen LogP contribution in [-0.4, -0.2) is 0 Å². The summed E-state index contributed by atoms with van der Waals surface area (Å²) in [7, 11) is 0. The Morgan fingerprint density at radius 1 is 0.522 bits per heavy atom. The van der Waals surface area contributed by atoms with Crippen molar-refractivity contribution in [1.29, 1.82) is 0 Å². The van der Waals surface area contributed by atoms with Crippen LogP contribution in [0.25, 0.3) is 0 Å². The lowest BCUT2D eigenvalue weighted by atomic mass is 9.68. The van der Waals surface area contributed by atoms with Crippen LogP contribution in [0.2, 0.25) is 0 Å². The summed E-state index contributed by atoms with van der Waals surface area (Å²) >= 11 is 0. The third-order valence-electron chi connectivity index (χ3n) is 7.24. The average Bonchev–Trinajstić information content (AvgIpc) is 2.61. The minimum atomic E-state index is 1.07. The van der Waals surface area contributed by atoms with E-state index in [0.29, 0.717) is 0 Å². The Kier molecular flexibility index (Phi) is 9.69. The molecule has 2 aliphatic carbocycles. The monoisotopic (exact) mass is 320 g/mol. The molecule has 2 aliphatic rings. The molecule has 136 valence electrons. The van der Waals surface area contributed by atoms with E-state index in [1.165, 1.54) is 51.4 Å². The number of hydrogen-bond acceptors (Lipinski definition) is 0. The number of unbranched alkanes of at least 4 members (excludes halogenated alkanes) is 6. The highest BCUT2D eigenvalue weighted by atomic mass is 14.4. The maximum Gasteiger partial charge on any atom is -0.0386 e. The molecule has 0 heteroatoms. The Labute approximate surface area is 147 Å². The predicted molar refractivity (Wildman–Crippen MR) is 104 cm³/mol. The van der Waals surface area contributed by atoms with E-state index in [1.807, 2.05) is 0 Å². The second-order valence-electron chi connectivity index (χ2n) is 8.88. The highest BCUT2D eigenvalue weighted by Gasteiger charge is 2.30. The van der Waals surface area contributed by atoms with Gasteiger partial charge in [-0.05, 0) is 49.4 Å². The minimum absolute atomic E-state index is 1.07. The normalized spacial score (nSPS) is 32.1. The fourth-order valence-electron chi connectivity index (χ4n) is 5.41. The molecule has 0 unspecified atom stereocenters. The zero-order chi connectivity index (χ0) is 16.3. The topological polar surface area (TPSA) is 0 Å². The molecule has 2 rings (SSSR count). The molecule has 0 bridgehead atoms. The zero-order valence-corrected chi connectivity index (χ0v) is 16.3. The summed E-state index contributed by atoms with van der Waals surface area (Å²) in [6.45, 7) is 4.70. The standard InChI is InChI=1S/C23H44/c1-3-5-6-7-8-9-10-11-21-14-18-23(19-15-21)22-16-12-20(4-2)13-17-22/h20-23H,3-19H2,1-2H3/t20-,21-,22-,23-. The third-order valence-corrected chi connectivity index (χ3v) is 7.24. The fourth-order valence-corrected chi connectivity index (χ4v) is 5.41. The average molecular weight is 321 g/mol. The van der Waals surface area contributed by atoms with E-state index in [-0.39, 0.29) is 0 Å². The molecule has 2 saturated carbocycles. The Balaban J connectivity index is 1.49. The third kappa shape index (κ3) is 7.18. The molecular weight excluding hydrogens is 276 g/mol. The molecule has 0 radical (unpaired) electrons. The highest BCUT2D eigenvalue weighted by molar-refractivity contribution is 4.81. The van der Waals surface area contributed by atoms with E-state index in [1.54, 1.807) is 57.8 Å².